The Morgan fingerprint density at radius 3 is 2.84 bits per heavy atom. The van der Waals surface area contributed by atoms with Crippen LogP contribution in [0, 0.1) is 0 Å². The molecule has 0 aliphatic carbocycles. The van der Waals surface area contributed by atoms with Gasteiger partial charge in [0.15, 0.2) is 5.11 Å². The third-order valence-electron chi connectivity index (χ3n) is 2.26. The number of esters is 1. The summed E-state index contributed by atoms with van der Waals surface area (Å²) in [6.45, 7) is 0.588. The van der Waals surface area contributed by atoms with Crippen LogP contribution in [-0.2, 0) is 9.53 Å². The van der Waals surface area contributed by atoms with Crippen LogP contribution < -0.4 is 16.2 Å². The van der Waals surface area contributed by atoms with E-state index in [4.69, 9.17) is 23.8 Å². The molecule has 3 N–H and O–H groups in total. The van der Waals surface area contributed by atoms with E-state index in [-0.39, 0.29) is 5.97 Å². The van der Waals surface area contributed by atoms with Gasteiger partial charge in [-0.25, -0.2) is 0 Å². The smallest absolute Gasteiger partial charge is 0.305 e. The lowest BCUT2D eigenvalue weighted by molar-refractivity contribution is -0.140. The van der Waals surface area contributed by atoms with Crippen LogP contribution in [0.4, 0.5) is 5.69 Å². The molecule has 0 aliphatic rings. The topological polar surface area (TPSA) is 62.4 Å². The SMILES string of the molecule is COC(=O)CCCNC(=S)NNc1ccccc1Cl. The third kappa shape index (κ3) is 6.26. The average molecular weight is 302 g/mol. The molecule has 5 nitrogen and oxygen atoms in total. The van der Waals surface area contributed by atoms with E-state index in [1.54, 1.807) is 6.07 Å². The van der Waals surface area contributed by atoms with E-state index < -0.39 is 0 Å². The van der Waals surface area contributed by atoms with Gasteiger partial charge < -0.3 is 10.1 Å². The number of rotatable bonds is 6. The first-order valence-corrected chi connectivity index (χ1v) is 6.53. The highest BCUT2D eigenvalue weighted by Gasteiger charge is 2.01. The summed E-state index contributed by atoms with van der Waals surface area (Å²) < 4.78 is 4.53. The quantitative estimate of drug-likeness (QED) is 0.324. The monoisotopic (exact) mass is 301 g/mol. The summed E-state index contributed by atoms with van der Waals surface area (Å²) in [6.07, 6.45) is 1.02. The first-order chi connectivity index (χ1) is 9.13. The number of halogens is 1. The van der Waals surface area contributed by atoms with Gasteiger partial charge in [-0.3, -0.25) is 15.6 Å². The third-order valence-corrected chi connectivity index (χ3v) is 2.83. The largest absolute Gasteiger partial charge is 0.469 e. The van der Waals surface area contributed by atoms with Crippen molar-refractivity contribution in [3.05, 3.63) is 29.3 Å². The number of ether oxygens (including phenoxy) is 1. The average Bonchev–Trinajstić information content (AvgIpc) is 2.42. The highest BCUT2D eigenvalue weighted by Crippen LogP contribution is 2.19. The summed E-state index contributed by atoms with van der Waals surface area (Å²) in [7, 11) is 1.37. The molecule has 1 rings (SSSR count). The number of carbonyl (C=O) groups excluding carboxylic acids is 1. The second-order valence-electron chi connectivity index (χ2n) is 3.67. The predicted molar refractivity (Wildman–Crippen MR) is 80.1 cm³/mol. The molecule has 104 valence electrons. The number of nitrogens with one attached hydrogen (secondary N) is 3. The number of anilines is 1. The highest BCUT2D eigenvalue weighted by atomic mass is 35.5. The van der Waals surface area contributed by atoms with Gasteiger partial charge >= 0.3 is 5.97 Å². The molecule has 0 heterocycles. The van der Waals surface area contributed by atoms with Crippen LogP contribution in [0.3, 0.4) is 0 Å². The van der Waals surface area contributed by atoms with Gasteiger partial charge in [0.2, 0.25) is 0 Å². The van der Waals surface area contributed by atoms with E-state index in [0.717, 1.165) is 5.69 Å². The number of benzene rings is 1. The lowest BCUT2D eigenvalue weighted by Crippen LogP contribution is -2.39. The first kappa shape index (κ1) is 15.5. The van der Waals surface area contributed by atoms with Gasteiger partial charge in [0.1, 0.15) is 0 Å². The maximum atomic E-state index is 10.9. The Balaban J connectivity index is 2.18. The number of para-hydroxylation sites is 1. The summed E-state index contributed by atoms with van der Waals surface area (Å²) in [5.74, 6) is -0.227. The Bertz CT molecular complexity index is 443. The molecule has 0 spiro atoms. The zero-order valence-corrected chi connectivity index (χ0v) is 12.1. The predicted octanol–water partition coefficient (Wildman–Crippen LogP) is 2.08. The van der Waals surface area contributed by atoms with Crippen molar-refractivity contribution in [2.24, 2.45) is 0 Å². The molecular formula is C12H16ClN3O2S. The number of hydrogen-bond acceptors (Lipinski definition) is 4. The van der Waals surface area contributed by atoms with Crippen LogP contribution in [0.25, 0.3) is 0 Å². The molecule has 0 fully saturated rings. The maximum absolute atomic E-state index is 10.9. The van der Waals surface area contributed by atoms with E-state index >= 15 is 0 Å². The van der Waals surface area contributed by atoms with Crippen molar-refractivity contribution in [3.63, 3.8) is 0 Å². The molecule has 0 aromatic heterocycles. The molecule has 1 aromatic rings. The fraction of sp³-hybridized carbons (Fsp3) is 0.333. The molecule has 0 bridgehead atoms. The van der Waals surface area contributed by atoms with Crippen molar-refractivity contribution in [1.82, 2.24) is 10.7 Å². The Labute approximate surface area is 122 Å². The maximum Gasteiger partial charge on any atom is 0.305 e. The van der Waals surface area contributed by atoms with Gasteiger partial charge in [-0.15, -0.1) is 0 Å². The van der Waals surface area contributed by atoms with Crippen molar-refractivity contribution in [2.45, 2.75) is 12.8 Å². The van der Waals surface area contributed by atoms with Gasteiger partial charge in [-0.1, -0.05) is 23.7 Å². The molecule has 0 saturated heterocycles. The molecule has 1 aromatic carbocycles. The van der Waals surface area contributed by atoms with E-state index in [0.29, 0.717) is 29.5 Å². The fourth-order valence-corrected chi connectivity index (χ4v) is 1.60. The van der Waals surface area contributed by atoms with E-state index in [2.05, 4.69) is 20.9 Å². The summed E-state index contributed by atoms with van der Waals surface area (Å²) in [5.41, 5.74) is 6.45. The minimum Gasteiger partial charge on any atom is -0.469 e. The van der Waals surface area contributed by atoms with E-state index in [1.807, 2.05) is 18.2 Å². The molecule has 0 aliphatic heterocycles. The fourth-order valence-electron chi connectivity index (χ4n) is 1.27. The zero-order valence-electron chi connectivity index (χ0n) is 10.5. The van der Waals surface area contributed by atoms with Gasteiger partial charge in [0, 0.05) is 13.0 Å². The normalized spacial score (nSPS) is 9.58. The molecule has 19 heavy (non-hydrogen) atoms. The molecule has 0 atom stereocenters. The van der Waals surface area contributed by atoms with Crippen molar-refractivity contribution in [2.75, 3.05) is 19.1 Å². The van der Waals surface area contributed by atoms with Crippen molar-refractivity contribution >= 4 is 40.6 Å². The molecule has 0 radical (unpaired) electrons. The Kier molecular flexibility index (Phi) is 6.99. The van der Waals surface area contributed by atoms with Crippen LogP contribution in [-0.4, -0.2) is 24.7 Å². The number of thiocarbonyl (C=S) groups is 1. The Hall–Kier alpha value is -1.53. The lowest BCUT2D eigenvalue weighted by atomic mass is 10.3. The minimum absolute atomic E-state index is 0.227. The molecule has 7 heteroatoms. The summed E-state index contributed by atoms with van der Waals surface area (Å²) in [4.78, 5) is 10.9. The van der Waals surface area contributed by atoms with Crippen LogP contribution in [0.2, 0.25) is 5.02 Å². The van der Waals surface area contributed by atoms with Gasteiger partial charge in [0.05, 0.1) is 17.8 Å². The number of hydrazine groups is 1. The Morgan fingerprint density at radius 2 is 2.16 bits per heavy atom. The standard InChI is InChI=1S/C12H16ClN3O2S/c1-18-11(17)7-4-8-14-12(19)16-15-10-6-3-2-5-9(10)13/h2-3,5-6,15H,4,7-8H2,1H3,(H2,14,16,19). The van der Waals surface area contributed by atoms with E-state index in [1.165, 1.54) is 7.11 Å². The number of carbonyl (C=O) groups is 1. The molecule has 0 amide bonds. The summed E-state index contributed by atoms with van der Waals surface area (Å²) in [6, 6.07) is 7.31. The summed E-state index contributed by atoms with van der Waals surface area (Å²) >= 11 is 11.0. The molecule has 0 saturated carbocycles. The Morgan fingerprint density at radius 1 is 1.42 bits per heavy atom. The number of hydrogen-bond donors (Lipinski definition) is 3. The van der Waals surface area contributed by atoms with Crippen LogP contribution in [0.1, 0.15) is 12.8 Å². The van der Waals surface area contributed by atoms with Crippen LogP contribution in [0.15, 0.2) is 24.3 Å². The van der Waals surface area contributed by atoms with Crippen molar-refractivity contribution in [1.29, 1.82) is 0 Å². The molecule has 0 unspecified atom stereocenters. The van der Waals surface area contributed by atoms with Crippen molar-refractivity contribution < 1.29 is 9.53 Å². The first-order valence-electron chi connectivity index (χ1n) is 5.74. The van der Waals surface area contributed by atoms with Crippen molar-refractivity contribution in [3.8, 4) is 0 Å². The minimum atomic E-state index is -0.227. The lowest BCUT2D eigenvalue weighted by Gasteiger charge is -2.13. The second-order valence-corrected chi connectivity index (χ2v) is 4.48. The van der Waals surface area contributed by atoms with E-state index in [9.17, 15) is 4.79 Å². The zero-order chi connectivity index (χ0) is 14.1. The van der Waals surface area contributed by atoms with Crippen LogP contribution in [0.5, 0.6) is 0 Å². The number of methoxy groups -OCH3 is 1. The summed E-state index contributed by atoms with van der Waals surface area (Å²) in [5, 5.41) is 3.99. The molecular weight excluding hydrogens is 286 g/mol. The second kappa shape index (κ2) is 8.55. The highest BCUT2D eigenvalue weighted by molar-refractivity contribution is 7.80. The van der Waals surface area contributed by atoms with Gasteiger partial charge in [-0.05, 0) is 30.8 Å². The van der Waals surface area contributed by atoms with Gasteiger partial charge in [0.25, 0.3) is 0 Å². The van der Waals surface area contributed by atoms with Gasteiger partial charge in [-0.2, -0.15) is 0 Å². The van der Waals surface area contributed by atoms with Crippen LogP contribution >= 0.6 is 23.8 Å².